The number of amides is 1. The first-order chi connectivity index (χ1) is 9.61. The van der Waals surface area contributed by atoms with Crippen LogP contribution in [0.3, 0.4) is 0 Å². The number of likely N-dealkylation sites (tertiary alicyclic amines) is 1. The molecule has 0 aliphatic carbocycles. The van der Waals surface area contributed by atoms with Gasteiger partial charge in [-0.2, -0.15) is 0 Å². The molecule has 1 saturated heterocycles. The monoisotopic (exact) mass is 291 g/mol. The molecule has 1 aliphatic heterocycles. The summed E-state index contributed by atoms with van der Waals surface area (Å²) in [6.07, 6.45) is 2.09. The summed E-state index contributed by atoms with van der Waals surface area (Å²) in [4.78, 5) is 18.3. The molecule has 0 radical (unpaired) electrons. The molecular formula is C15H21N3OS. The second-order valence-corrected chi connectivity index (χ2v) is 6.24. The summed E-state index contributed by atoms with van der Waals surface area (Å²) in [6.45, 7) is 2.02. The SMILES string of the molecule is CN(C)C1CCN(C(=O)c2ccc(C#CCN)s2)CC1. The summed E-state index contributed by atoms with van der Waals surface area (Å²) >= 11 is 1.45. The number of nitrogens with zero attached hydrogens (tertiary/aromatic N) is 2. The van der Waals surface area contributed by atoms with Gasteiger partial charge >= 0.3 is 0 Å². The Morgan fingerprint density at radius 2 is 2.15 bits per heavy atom. The molecule has 4 nitrogen and oxygen atoms in total. The van der Waals surface area contributed by atoms with E-state index < -0.39 is 0 Å². The minimum atomic E-state index is 0.132. The van der Waals surface area contributed by atoms with Crippen molar-refractivity contribution in [1.82, 2.24) is 9.80 Å². The predicted octanol–water partition coefficient (Wildman–Crippen LogP) is 1.22. The van der Waals surface area contributed by atoms with Crippen molar-refractivity contribution in [3.8, 4) is 11.8 Å². The molecular weight excluding hydrogens is 270 g/mol. The van der Waals surface area contributed by atoms with Crippen LogP contribution in [0.15, 0.2) is 12.1 Å². The number of hydrogen-bond acceptors (Lipinski definition) is 4. The number of nitrogens with two attached hydrogens (primary N) is 1. The van der Waals surface area contributed by atoms with E-state index in [1.807, 2.05) is 17.0 Å². The van der Waals surface area contributed by atoms with E-state index in [4.69, 9.17) is 5.73 Å². The van der Waals surface area contributed by atoms with Crippen LogP contribution >= 0.6 is 11.3 Å². The molecule has 1 aliphatic rings. The number of thiophene rings is 1. The van der Waals surface area contributed by atoms with Gasteiger partial charge < -0.3 is 15.5 Å². The normalized spacial score (nSPS) is 16.1. The quantitative estimate of drug-likeness (QED) is 0.834. The molecule has 0 spiro atoms. The van der Waals surface area contributed by atoms with Gasteiger partial charge in [-0.3, -0.25) is 4.79 Å². The Bertz CT molecular complexity index is 519. The lowest BCUT2D eigenvalue weighted by Gasteiger charge is -2.35. The maximum atomic E-state index is 12.4. The summed E-state index contributed by atoms with van der Waals surface area (Å²) < 4.78 is 0. The zero-order valence-electron chi connectivity index (χ0n) is 12.1. The van der Waals surface area contributed by atoms with E-state index in [0.29, 0.717) is 12.6 Å². The molecule has 0 atom stereocenters. The standard InChI is InChI=1S/C15H21N3OS/c1-17(2)12-7-10-18(11-8-12)15(19)14-6-5-13(20-14)4-3-9-16/h5-6,12H,7-11,16H2,1-2H3. The molecule has 2 heterocycles. The van der Waals surface area contributed by atoms with Crippen LogP contribution in [0.25, 0.3) is 0 Å². The van der Waals surface area contributed by atoms with E-state index in [0.717, 1.165) is 35.7 Å². The van der Waals surface area contributed by atoms with E-state index >= 15 is 0 Å². The Morgan fingerprint density at radius 1 is 1.45 bits per heavy atom. The van der Waals surface area contributed by atoms with Gasteiger partial charge in [-0.25, -0.2) is 0 Å². The van der Waals surface area contributed by atoms with Gasteiger partial charge in [-0.15, -0.1) is 11.3 Å². The predicted molar refractivity (Wildman–Crippen MR) is 82.9 cm³/mol. The summed E-state index contributed by atoms with van der Waals surface area (Å²) in [5, 5.41) is 0. The Labute approximate surface area is 124 Å². The lowest BCUT2D eigenvalue weighted by molar-refractivity contribution is 0.0668. The summed E-state index contributed by atoms with van der Waals surface area (Å²) in [7, 11) is 4.20. The molecule has 20 heavy (non-hydrogen) atoms. The first-order valence-corrected chi connectivity index (χ1v) is 7.68. The van der Waals surface area contributed by atoms with Crippen LogP contribution in [0.2, 0.25) is 0 Å². The number of rotatable bonds is 2. The zero-order valence-corrected chi connectivity index (χ0v) is 12.9. The molecule has 0 aromatic carbocycles. The minimum absolute atomic E-state index is 0.132. The maximum absolute atomic E-state index is 12.4. The fraction of sp³-hybridized carbons (Fsp3) is 0.533. The van der Waals surface area contributed by atoms with Crippen LogP contribution in [-0.4, -0.2) is 55.5 Å². The van der Waals surface area contributed by atoms with E-state index in [-0.39, 0.29) is 5.91 Å². The van der Waals surface area contributed by atoms with Crippen molar-refractivity contribution in [3.63, 3.8) is 0 Å². The lowest BCUT2D eigenvalue weighted by Crippen LogP contribution is -2.44. The molecule has 2 rings (SSSR count). The minimum Gasteiger partial charge on any atom is -0.338 e. The Kier molecular flexibility index (Phi) is 5.18. The highest BCUT2D eigenvalue weighted by molar-refractivity contribution is 7.14. The van der Waals surface area contributed by atoms with Crippen molar-refractivity contribution in [1.29, 1.82) is 0 Å². The van der Waals surface area contributed by atoms with Gasteiger partial charge in [-0.1, -0.05) is 11.8 Å². The first-order valence-electron chi connectivity index (χ1n) is 6.86. The fourth-order valence-corrected chi connectivity index (χ4v) is 3.25. The van der Waals surface area contributed by atoms with Crippen molar-refractivity contribution < 1.29 is 4.79 Å². The Balaban J connectivity index is 1.97. The average Bonchev–Trinajstić information content (AvgIpc) is 2.93. The zero-order chi connectivity index (χ0) is 14.5. The molecule has 0 unspecified atom stereocenters. The maximum Gasteiger partial charge on any atom is 0.263 e. The van der Waals surface area contributed by atoms with Gasteiger partial charge in [0, 0.05) is 19.1 Å². The average molecular weight is 291 g/mol. The van der Waals surface area contributed by atoms with Gasteiger partial charge in [0.25, 0.3) is 5.91 Å². The molecule has 108 valence electrons. The van der Waals surface area contributed by atoms with Crippen LogP contribution in [0.4, 0.5) is 0 Å². The van der Waals surface area contributed by atoms with Gasteiger partial charge in [-0.05, 0) is 39.1 Å². The van der Waals surface area contributed by atoms with Crippen molar-refractivity contribution in [2.45, 2.75) is 18.9 Å². The van der Waals surface area contributed by atoms with Crippen molar-refractivity contribution in [2.24, 2.45) is 5.73 Å². The molecule has 0 saturated carbocycles. The van der Waals surface area contributed by atoms with Gasteiger partial charge in [0.2, 0.25) is 0 Å². The third-order valence-electron chi connectivity index (χ3n) is 3.61. The van der Waals surface area contributed by atoms with E-state index in [2.05, 4.69) is 30.8 Å². The van der Waals surface area contributed by atoms with Gasteiger partial charge in [0.15, 0.2) is 0 Å². The second kappa shape index (κ2) is 6.89. The highest BCUT2D eigenvalue weighted by Crippen LogP contribution is 2.21. The Morgan fingerprint density at radius 3 is 2.75 bits per heavy atom. The van der Waals surface area contributed by atoms with Gasteiger partial charge in [0.1, 0.15) is 0 Å². The molecule has 1 aromatic heterocycles. The fourth-order valence-electron chi connectivity index (χ4n) is 2.40. The largest absolute Gasteiger partial charge is 0.338 e. The third-order valence-corrected chi connectivity index (χ3v) is 4.60. The van der Waals surface area contributed by atoms with E-state index in [9.17, 15) is 4.79 Å². The number of carbonyl (C=O) groups excluding carboxylic acids is 1. The van der Waals surface area contributed by atoms with Gasteiger partial charge in [0.05, 0.1) is 16.3 Å². The van der Waals surface area contributed by atoms with Crippen LogP contribution in [0.5, 0.6) is 0 Å². The number of hydrogen-bond donors (Lipinski definition) is 1. The summed E-state index contributed by atoms with van der Waals surface area (Å²) in [5.41, 5.74) is 5.35. The topological polar surface area (TPSA) is 49.6 Å². The molecule has 1 amide bonds. The van der Waals surface area contributed by atoms with Crippen molar-refractivity contribution in [3.05, 3.63) is 21.9 Å². The first kappa shape index (κ1) is 15.0. The van der Waals surface area contributed by atoms with Crippen LogP contribution < -0.4 is 5.73 Å². The van der Waals surface area contributed by atoms with Crippen LogP contribution in [0.1, 0.15) is 27.4 Å². The van der Waals surface area contributed by atoms with Crippen molar-refractivity contribution in [2.75, 3.05) is 33.7 Å². The molecule has 5 heteroatoms. The van der Waals surface area contributed by atoms with E-state index in [1.54, 1.807) is 0 Å². The third kappa shape index (κ3) is 3.60. The number of piperidine rings is 1. The molecule has 2 N–H and O–H groups in total. The van der Waals surface area contributed by atoms with Crippen molar-refractivity contribution >= 4 is 17.2 Å². The van der Waals surface area contributed by atoms with Crippen LogP contribution in [-0.2, 0) is 0 Å². The lowest BCUT2D eigenvalue weighted by atomic mass is 10.0. The molecule has 0 bridgehead atoms. The summed E-state index contributed by atoms with van der Waals surface area (Å²) in [5.74, 6) is 5.92. The Hall–Kier alpha value is -1.35. The molecule has 1 aromatic rings. The van der Waals surface area contributed by atoms with Crippen LogP contribution in [0, 0.1) is 11.8 Å². The second-order valence-electron chi connectivity index (χ2n) is 5.16. The highest BCUT2D eigenvalue weighted by Gasteiger charge is 2.25. The smallest absolute Gasteiger partial charge is 0.263 e. The number of carbonyl (C=O) groups is 1. The summed E-state index contributed by atoms with van der Waals surface area (Å²) in [6, 6.07) is 4.35. The van der Waals surface area contributed by atoms with E-state index in [1.165, 1.54) is 11.3 Å². The highest BCUT2D eigenvalue weighted by atomic mass is 32.1. The molecule has 1 fully saturated rings.